The van der Waals surface area contributed by atoms with Gasteiger partial charge in [0.1, 0.15) is 11.6 Å². The quantitative estimate of drug-likeness (QED) is 0.872. The van der Waals surface area contributed by atoms with Gasteiger partial charge in [0.25, 0.3) is 0 Å². The largest absolute Gasteiger partial charge is 0.497 e. The first-order valence-corrected chi connectivity index (χ1v) is 8.29. The lowest BCUT2D eigenvalue weighted by molar-refractivity contribution is 0.149. The van der Waals surface area contributed by atoms with Gasteiger partial charge in [-0.05, 0) is 50.6 Å². The zero-order valence-corrected chi connectivity index (χ0v) is 14.2. The molecule has 0 spiro atoms. The number of hydrogen-bond donors (Lipinski definition) is 2. The van der Waals surface area contributed by atoms with Crippen molar-refractivity contribution >= 4 is 17.6 Å². The van der Waals surface area contributed by atoms with Crippen molar-refractivity contribution in [3.05, 3.63) is 30.1 Å². The van der Waals surface area contributed by atoms with Gasteiger partial charge in [0.2, 0.25) is 11.9 Å². The molecule has 128 valence electrons. The van der Waals surface area contributed by atoms with E-state index in [1.54, 1.807) is 7.11 Å². The Bertz CT molecular complexity index is 675. The molecule has 1 aliphatic rings. The van der Waals surface area contributed by atoms with E-state index in [0.29, 0.717) is 24.4 Å². The number of nitrogens with two attached hydrogens (primary N) is 1. The Morgan fingerprint density at radius 2 is 2.00 bits per heavy atom. The number of methoxy groups -OCH3 is 1. The van der Waals surface area contributed by atoms with Gasteiger partial charge < -0.3 is 15.8 Å². The van der Waals surface area contributed by atoms with Crippen molar-refractivity contribution in [3.8, 4) is 5.75 Å². The number of likely N-dealkylation sites (tertiary alicyclic amines) is 1. The van der Waals surface area contributed by atoms with Crippen LogP contribution < -0.4 is 15.8 Å². The lowest BCUT2D eigenvalue weighted by Gasteiger charge is -2.32. The minimum atomic E-state index is 0.237. The number of nitrogens with zero attached hydrogens (tertiary/aromatic N) is 4. The van der Waals surface area contributed by atoms with Gasteiger partial charge in [-0.1, -0.05) is 6.42 Å². The highest BCUT2D eigenvalue weighted by molar-refractivity contribution is 5.55. The third-order valence-corrected chi connectivity index (χ3v) is 4.33. The zero-order chi connectivity index (χ0) is 16.9. The Morgan fingerprint density at radius 1 is 1.21 bits per heavy atom. The van der Waals surface area contributed by atoms with Crippen LogP contribution in [0.25, 0.3) is 0 Å². The molecular formula is C17H24N6O. The van der Waals surface area contributed by atoms with Gasteiger partial charge in [-0.25, -0.2) is 0 Å². The number of piperidine rings is 1. The number of nitrogens with one attached hydrogen (secondary N) is 1. The molecule has 3 rings (SSSR count). The van der Waals surface area contributed by atoms with Crippen LogP contribution >= 0.6 is 0 Å². The second-order valence-corrected chi connectivity index (χ2v) is 6.10. The van der Waals surface area contributed by atoms with Crippen molar-refractivity contribution in [2.45, 2.75) is 38.8 Å². The van der Waals surface area contributed by atoms with Crippen molar-refractivity contribution in [1.82, 2.24) is 19.9 Å². The lowest BCUT2D eigenvalue weighted by Crippen LogP contribution is -2.37. The van der Waals surface area contributed by atoms with E-state index in [1.807, 2.05) is 24.3 Å². The van der Waals surface area contributed by atoms with Crippen LogP contribution in [0.1, 0.15) is 32.0 Å². The fraction of sp³-hybridized carbons (Fsp3) is 0.471. The van der Waals surface area contributed by atoms with E-state index in [0.717, 1.165) is 18.0 Å². The lowest BCUT2D eigenvalue weighted by atomic mass is 10.0. The van der Waals surface area contributed by atoms with E-state index in [9.17, 15) is 0 Å². The van der Waals surface area contributed by atoms with E-state index >= 15 is 0 Å². The average Bonchev–Trinajstić information content (AvgIpc) is 2.57. The van der Waals surface area contributed by atoms with Crippen molar-refractivity contribution in [2.75, 3.05) is 24.7 Å². The van der Waals surface area contributed by atoms with Crippen LogP contribution in [0.5, 0.6) is 5.75 Å². The third-order valence-electron chi connectivity index (χ3n) is 4.33. The maximum atomic E-state index is 5.86. The highest BCUT2D eigenvalue weighted by atomic mass is 16.5. The van der Waals surface area contributed by atoms with Crippen LogP contribution in [-0.4, -0.2) is 39.5 Å². The molecule has 0 aliphatic carbocycles. The number of nitrogen functional groups attached to an aromatic ring is 1. The molecule has 2 heterocycles. The molecule has 1 aliphatic heterocycles. The Kier molecular flexibility index (Phi) is 5.10. The Morgan fingerprint density at radius 3 is 2.71 bits per heavy atom. The van der Waals surface area contributed by atoms with Crippen molar-refractivity contribution in [2.24, 2.45) is 0 Å². The molecule has 0 amide bonds. The standard InChI is InChI=1S/C17H24N6O/c1-12-5-3-4-10-23(12)11-15-20-16(18)22-17(21-15)19-13-6-8-14(24-2)9-7-13/h6-9,12H,3-5,10-11H2,1-2H3,(H3,18,19,20,21,22)/t12-/m1/s1. The SMILES string of the molecule is COc1ccc(Nc2nc(N)nc(CN3CCCC[C@H]3C)n2)cc1. The van der Waals surface area contributed by atoms with Crippen molar-refractivity contribution in [1.29, 1.82) is 0 Å². The summed E-state index contributed by atoms with van der Waals surface area (Å²) in [5, 5.41) is 3.17. The molecule has 0 unspecified atom stereocenters. The normalized spacial score (nSPS) is 18.3. The van der Waals surface area contributed by atoms with Crippen LogP contribution in [-0.2, 0) is 6.54 Å². The average molecular weight is 328 g/mol. The number of benzene rings is 1. The van der Waals surface area contributed by atoms with E-state index < -0.39 is 0 Å². The molecule has 3 N–H and O–H groups in total. The summed E-state index contributed by atoms with van der Waals surface area (Å²) < 4.78 is 5.16. The number of ether oxygens (including phenoxy) is 1. The fourth-order valence-electron chi connectivity index (χ4n) is 2.94. The number of hydrogen-bond acceptors (Lipinski definition) is 7. The molecule has 1 saturated heterocycles. The second kappa shape index (κ2) is 7.44. The molecule has 2 aromatic rings. The highest BCUT2D eigenvalue weighted by Crippen LogP contribution is 2.20. The second-order valence-electron chi connectivity index (χ2n) is 6.10. The summed E-state index contributed by atoms with van der Waals surface area (Å²) in [4.78, 5) is 15.4. The summed E-state index contributed by atoms with van der Waals surface area (Å²) in [5.41, 5.74) is 6.73. The molecule has 0 radical (unpaired) electrons. The highest BCUT2D eigenvalue weighted by Gasteiger charge is 2.19. The number of anilines is 3. The Balaban J connectivity index is 1.72. The maximum Gasteiger partial charge on any atom is 0.232 e. The summed E-state index contributed by atoms with van der Waals surface area (Å²) in [6.07, 6.45) is 3.74. The molecular weight excluding hydrogens is 304 g/mol. The van der Waals surface area contributed by atoms with Gasteiger partial charge in [0.05, 0.1) is 13.7 Å². The first-order valence-electron chi connectivity index (χ1n) is 8.29. The van der Waals surface area contributed by atoms with E-state index in [2.05, 4.69) is 32.1 Å². The van der Waals surface area contributed by atoms with Crippen molar-refractivity contribution < 1.29 is 4.74 Å². The minimum absolute atomic E-state index is 0.237. The number of rotatable bonds is 5. The van der Waals surface area contributed by atoms with Gasteiger partial charge in [-0.2, -0.15) is 15.0 Å². The fourth-order valence-corrected chi connectivity index (χ4v) is 2.94. The van der Waals surface area contributed by atoms with E-state index in [1.165, 1.54) is 19.3 Å². The first kappa shape index (κ1) is 16.4. The maximum absolute atomic E-state index is 5.86. The van der Waals surface area contributed by atoms with Crippen LogP contribution in [0, 0.1) is 0 Å². The molecule has 1 aromatic heterocycles. The van der Waals surface area contributed by atoms with Gasteiger partial charge in [-0.3, -0.25) is 4.90 Å². The van der Waals surface area contributed by atoms with Gasteiger partial charge in [0.15, 0.2) is 0 Å². The summed E-state index contributed by atoms with van der Waals surface area (Å²) in [7, 11) is 1.64. The van der Waals surface area contributed by atoms with Gasteiger partial charge >= 0.3 is 0 Å². The summed E-state index contributed by atoms with van der Waals surface area (Å²) in [5.74, 6) is 2.20. The molecule has 0 saturated carbocycles. The molecule has 24 heavy (non-hydrogen) atoms. The predicted molar refractivity (Wildman–Crippen MR) is 94.2 cm³/mol. The van der Waals surface area contributed by atoms with Crippen LogP contribution in [0.2, 0.25) is 0 Å². The van der Waals surface area contributed by atoms with Crippen molar-refractivity contribution in [3.63, 3.8) is 0 Å². The molecule has 7 nitrogen and oxygen atoms in total. The molecule has 1 fully saturated rings. The van der Waals surface area contributed by atoms with Gasteiger partial charge in [-0.15, -0.1) is 0 Å². The summed E-state index contributed by atoms with van der Waals surface area (Å²) in [6, 6.07) is 8.12. The molecule has 0 bridgehead atoms. The smallest absolute Gasteiger partial charge is 0.232 e. The minimum Gasteiger partial charge on any atom is -0.497 e. The topological polar surface area (TPSA) is 89.2 Å². The molecule has 7 heteroatoms. The van der Waals surface area contributed by atoms with Gasteiger partial charge in [0, 0.05) is 11.7 Å². The molecule has 1 aromatic carbocycles. The monoisotopic (exact) mass is 328 g/mol. The zero-order valence-electron chi connectivity index (χ0n) is 14.2. The Hall–Kier alpha value is -2.41. The summed E-state index contributed by atoms with van der Waals surface area (Å²) in [6.45, 7) is 4.03. The Labute approximate surface area is 142 Å². The van der Waals surface area contributed by atoms with E-state index in [-0.39, 0.29) is 5.95 Å². The van der Waals surface area contributed by atoms with E-state index in [4.69, 9.17) is 10.5 Å². The first-order chi connectivity index (χ1) is 11.6. The van der Waals surface area contributed by atoms with Crippen LogP contribution in [0.3, 0.4) is 0 Å². The third kappa shape index (κ3) is 4.11. The van der Waals surface area contributed by atoms with Crippen LogP contribution in [0.4, 0.5) is 17.6 Å². The molecule has 1 atom stereocenters. The number of aromatic nitrogens is 3. The predicted octanol–water partition coefficient (Wildman–Crippen LogP) is 2.58. The summed E-state index contributed by atoms with van der Waals surface area (Å²) >= 11 is 0. The van der Waals surface area contributed by atoms with Crippen LogP contribution in [0.15, 0.2) is 24.3 Å².